The fraction of sp³-hybridized carbons (Fsp3) is 0.583. The molecule has 2 fully saturated rings. The Kier molecular flexibility index (Phi) is 7.87. The number of aromatic nitrogens is 1. The topological polar surface area (TPSA) is 67.2 Å². The van der Waals surface area contributed by atoms with E-state index in [1.165, 1.54) is 24.2 Å². The van der Waals surface area contributed by atoms with Gasteiger partial charge in [-0.1, -0.05) is 42.6 Å². The van der Waals surface area contributed by atoms with Gasteiger partial charge in [0.05, 0.1) is 11.4 Å². The van der Waals surface area contributed by atoms with Gasteiger partial charge in [0.2, 0.25) is 5.91 Å². The molecule has 0 radical (unpaired) electrons. The van der Waals surface area contributed by atoms with Crippen molar-refractivity contribution in [1.82, 2.24) is 15.8 Å². The number of thioether (sulfide) groups is 1. The Balaban J connectivity index is 1.27. The van der Waals surface area contributed by atoms with E-state index in [1.807, 2.05) is 6.07 Å². The molecule has 1 aromatic carbocycles. The maximum Gasteiger partial charge on any atom is 0.220 e. The SMILES string of the molecule is O=C(C[C@@H]1CCNC[C@H]1Cc1cc(CSc2ccccc2)on1)NC1CCCCC1. The fourth-order valence-electron chi connectivity index (χ4n) is 4.72. The van der Waals surface area contributed by atoms with Crippen molar-refractivity contribution in [2.24, 2.45) is 11.8 Å². The van der Waals surface area contributed by atoms with Crippen molar-refractivity contribution in [1.29, 1.82) is 0 Å². The summed E-state index contributed by atoms with van der Waals surface area (Å²) in [7, 11) is 0. The van der Waals surface area contributed by atoms with Crippen molar-refractivity contribution >= 4 is 17.7 Å². The van der Waals surface area contributed by atoms with Crippen molar-refractivity contribution in [2.45, 2.75) is 68.1 Å². The summed E-state index contributed by atoms with van der Waals surface area (Å²) >= 11 is 1.76. The predicted molar refractivity (Wildman–Crippen MR) is 120 cm³/mol. The minimum atomic E-state index is 0.235. The maximum absolute atomic E-state index is 12.6. The highest BCUT2D eigenvalue weighted by Crippen LogP contribution is 2.28. The molecule has 30 heavy (non-hydrogen) atoms. The van der Waals surface area contributed by atoms with E-state index in [-0.39, 0.29) is 5.91 Å². The molecule has 2 heterocycles. The van der Waals surface area contributed by atoms with Gasteiger partial charge in [-0.25, -0.2) is 0 Å². The maximum atomic E-state index is 12.6. The first-order chi connectivity index (χ1) is 14.8. The number of amides is 1. The lowest BCUT2D eigenvalue weighted by atomic mass is 9.81. The third kappa shape index (κ3) is 6.35. The molecule has 1 saturated heterocycles. The normalized spacial score (nSPS) is 22.7. The summed E-state index contributed by atoms with van der Waals surface area (Å²) in [5.74, 6) is 2.77. The molecular weight excluding hydrogens is 394 g/mol. The van der Waals surface area contributed by atoms with Crippen molar-refractivity contribution in [2.75, 3.05) is 13.1 Å². The average Bonchev–Trinajstić information content (AvgIpc) is 3.22. The fourth-order valence-corrected chi connectivity index (χ4v) is 5.51. The zero-order valence-electron chi connectivity index (χ0n) is 17.6. The van der Waals surface area contributed by atoms with Crippen LogP contribution in [-0.2, 0) is 17.0 Å². The van der Waals surface area contributed by atoms with Crippen LogP contribution in [0.3, 0.4) is 0 Å². The molecule has 1 aliphatic carbocycles. The van der Waals surface area contributed by atoms with Gasteiger partial charge in [-0.3, -0.25) is 4.79 Å². The Morgan fingerprint density at radius 1 is 1.13 bits per heavy atom. The summed E-state index contributed by atoms with van der Waals surface area (Å²) < 4.78 is 5.57. The van der Waals surface area contributed by atoms with Gasteiger partial charge >= 0.3 is 0 Å². The van der Waals surface area contributed by atoms with E-state index in [4.69, 9.17) is 4.52 Å². The third-order valence-corrected chi connectivity index (χ3v) is 7.42. The van der Waals surface area contributed by atoms with Crippen LogP contribution < -0.4 is 10.6 Å². The van der Waals surface area contributed by atoms with Gasteiger partial charge in [0.25, 0.3) is 0 Å². The number of hydrogen-bond acceptors (Lipinski definition) is 5. The lowest BCUT2D eigenvalue weighted by Gasteiger charge is -2.32. The smallest absolute Gasteiger partial charge is 0.220 e. The Hall–Kier alpha value is -1.79. The number of nitrogens with zero attached hydrogens (tertiary/aromatic N) is 1. The number of piperidine rings is 1. The summed E-state index contributed by atoms with van der Waals surface area (Å²) in [6, 6.07) is 12.8. The second-order valence-electron chi connectivity index (χ2n) is 8.71. The van der Waals surface area contributed by atoms with Gasteiger partial charge in [-0.2, -0.15) is 0 Å². The van der Waals surface area contributed by atoms with Gasteiger partial charge in [-0.05, 0) is 62.7 Å². The van der Waals surface area contributed by atoms with E-state index < -0.39 is 0 Å². The largest absolute Gasteiger partial charge is 0.360 e. The van der Waals surface area contributed by atoms with Crippen LogP contribution in [0.1, 0.15) is 56.4 Å². The Morgan fingerprint density at radius 3 is 2.80 bits per heavy atom. The summed E-state index contributed by atoms with van der Waals surface area (Å²) in [5, 5.41) is 11.1. The van der Waals surface area contributed by atoms with Crippen LogP contribution in [0.4, 0.5) is 0 Å². The quantitative estimate of drug-likeness (QED) is 0.604. The van der Waals surface area contributed by atoms with Crippen LogP contribution in [-0.4, -0.2) is 30.2 Å². The molecule has 0 bridgehead atoms. The Bertz CT molecular complexity index is 789. The highest BCUT2D eigenvalue weighted by Gasteiger charge is 2.29. The number of hydrogen-bond donors (Lipinski definition) is 2. The lowest BCUT2D eigenvalue weighted by Crippen LogP contribution is -2.42. The van der Waals surface area contributed by atoms with E-state index in [0.717, 1.165) is 56.0 Å². The Labute approximate surface area is 183 Å². The van der Waals surface area contributed by atoms with E-state index in [9.17, 15) is 4.79 Å². The van der Waals surface area contributed by atoms with Crippen LogP contribution >= 0.6 is 11.8 Å². The highest BCUT2D eigenvalue weighted by molar-refractivity contribution is 7.98. The van der Waals surface area contributed by atoms with Gasteiger partial charge in [-0.15, -0.1) is 11.8 Å². The van der Waals surface area contributed by atoms with Gasteiger partial charge < -0.3 is 15.2 Å². The van der Waals surface area contributed by atoms with Gasteiger partial charge in [0.1, 0.15) is 5.76 Å². The predicted octanol–water partition coefficient (Wildman–Crippen LogP) is 4.57. The number of benzene rings is 1. The molecule has 2 atom stereocenters. The summed E-state index contributed by atoms with van der Waals surface area (Å²) in [5.41, 5.74) is 1.00. The Morgan fingerprint density at radius 2 is 1.97 bits per heavy atom. The molecule has 0 unspecified atom stereocenters. The molecule has 5 nitrogen and oxygen atoms in total. The molecule has 4 rings (SSSR count). The molecule has 1 aliphatic heterocycles. The van der Waals surface area contributed by atoms with E-state index in [0.29, 0.717) is 24.3 Å². The molecule has 6 heteroatoms. The number of rotatable bonds is 8. The minimum absolute atomic E-state index is 0.235. The number of nitrogens with one attached hydrogen (secondary N) is 2. The van der Waals surface area contributed by atoms with E-state index in [1.54, 1.807) is 11.8 Å². The van der Waals surface area contributed by atoms with Gasteiger partial charge in [0.15, 0.2) is 0 Å². The number of carbonyl (C=O) groups excluding carboxylic acids is 1. The third-order valence-electron chi connectivity index (χ3n) is 6.39. The summed E-state index contributed by atoms with van der Waals surface area (Å²) in [6.07, 6.45) is 8.65. The molecule has 2 aliphatic rings. The van der Waals surface area contributed by atoms with Crippen molar-refractivity contribution in [3.8, 4) is 0 Å². The molecule has 1 amide bonds. The monoisotopic (exact) mass is 427 g/mol. The van der Waals surface area contributed by atoms with Crippen molar-refractivity contribution in [3.05, 3.63) is 47.9 Å². The average molecular weight is 428 g/mol. The van der Waals surface area contributed by atoms with E-state index in [2.05, 4.69) is 46.1 Å². The van der Waals surface area contributed by atoms with Crippen LogP contribution in [0.5, 0.6) is 0 Å². The summed E-state index contributed by atoms with van der Waals surface area (Å²) in [6.45, 7) is 1.94. The summed E-state index contributed by atoms with van der Waals surface area (Å²) in [4.78, 5) is 13.9. The molecule has 2 aromatic rings. The molecule has 1 aromatic heterocycles. The molecular formula is C24H33N3O2S. The van der Waals surface area contributed by atoms with Gasteiger partial charge in [0, 0.05) is 23.4 Å². The zero-order valence-corrected chi connectivity index (χ0v) is 18.5. The first-order valence-electron chi connectivity index (χ1n) is 11.4. The van der Waals surface area contributed by atoms with Crippen LogP contribution in [0.25, 0.3) is 0 Å². The standard InChI is InChI=1S/C24H33N3O2S/c28-24(26-20-7-3-1-4-8-20)14-18-11-12-25-16-19(18)13-21-15-22(29-27-21)17-30-23-9-5-2-6-10-23/h2,5-6,9-10,15,18-20,25H,1,3-4,7-8,11-14,16-17H2,(H,26,28)/t18-,19+/m0/s1. The molecule has 162 valence electrons. The first kappa shape index (κ1) is 21.4. The molecule has 1 saturated carbocycles. The van der Waals surface area contributed by atoms with Crippen LogP contribution in [0.2, 0.25) is 0 Å². The zero-order chi connectivity index (χ0) is 20.6. The van der Waals surface area contributed by atoms with Crippen molar-refractivity contribution in [3.63, 3.8) is 0 Å². The number of carbonyl (C=O) groups is 1. The van der Waals surface area contributed by atoms with Crippen molar-refractivity contribution < 1.29 is 9.32 Å². The highest BCUT2D eigenvalue weighted by atomic mass is 32.2. The lowest BCUT2D eigenvalue weighted by molar-refractivity contribution is -0.123. The molecule has 2 N–H and O–H groups in total. The second kappa shape index (κ2) is 11.0. The van der Waals surface area contributed by atoms with Crippen LogP contribution in [0.15, 0.2) is 45.8 Å². The minimum Gasteiger partial charge on any atom is -0.360 e. The second-order valence-corrected chi connectivity index (χ2v) is 9.76. The van der Waals surface area contributed by atoms with E-state index >= 15 is 0 Å². The van der Waals surface area contributed by atoms with Crippen LogP contribution in [0, 0.1) is 11.8 Å². The molecule has 0 spiro atoms. The first-order valence-corrected chi connectivity index (χ1v) is 12.4.